The summed E-state index contributed by atoms with van der Waals surface area (Å²) >= 11 is 0. The van der Waals surface area contributed by atoms with Gasteiger partial charge in [0.25, 0.3) is 5.91 Å². The molecule has 0 bridgehead atoms. The summed E-state index contributed by atoms with van der Waals surface area (Å²) in [5, 5.41) is 9.74. The van der Waals surface area contributed by atoms with E-state index < -0.39 is 11.4 Å². The fraction of sp³-hybridized carbons (Fsp3) is 0.318. The molecule has 1 amide bonds. The number of carbonyl (C=O) groups is 3. The minimum atomic E-state index is -0.825. The van der Waals surface area contributed by atoms with Crippen molar-refractivity contribution >= 4 is 17.7 Å². The largest absolute Gasteiger partial charge is 0.481 e. The number of hydrogen-bond donors (Lipinski definition) is 1. The molecule has 27 heavy (non-hydrogen) atoms. The third-order valence-corrected chi connectivity index (χ3v) is 6.02. The molecule has 1 heterocycles. The van der Waals surface area contributed by atoms with Gasteiger partial charge in [0, 0.05) is 24.2 Å². The van der Waals surface area contributed by atoms with E-state index in [1.54, 1.807) is 53.4 Å². The predicted octanol–water partition coefficient (Wildman–Crippen LogP) is 3.24. The quantitative estimate of drug-likeness (QED) is 0.846. The Morgan fingerprint density at radius 1 is 0.963 bits per heavy atom. The number of amides is 1. The zero-order chi connectivity index (χ0) is 19.0. The standard InChI is InChI=1S/C22H21NO4/c24-19(15-7-2-1-3-8-15)17-10-4-5-11-18(17)20(25)23-13-16-9-6-12-22(16,14-23)21(26)27/h1-5,7-8,10-11,16H,6,9,12-14H2,(H,26,27)/t16-,22+/m0/s1. The molecule has 5 nitrogen and oxygen atoms in total. The molecule has 0 radical (unpaired) electrons. The van der Waals surface area contributed by atoms with E-state index in [1.165, 1.54) is 0 Å². The van der Waals surface area contributed by atoms with Crippen LogP contribution in [0.25, 0.3) is 0 Å². The monoisotopic (exact) mass is 363 g/mol. The van der Waals surface area contributed by atoms with Crippen LogP contribution in [0.4, 0.5) is 0 Å². The van der Waals surface area contributed by atoms with Crippen molar-refractivity contribution in [1.82, 2.24) is 4.90 Å². The van der Waals surface area contributed by atoms with Gasteiger partial charge in [-0.15, -0.1) is 0 Å². The zero-order valence-electron chi connectivity index (χ0n) is 14.9. The van der Waals surface area contributed by atoms with Crippen LogP contribution in [0.3, 0.4) is 0 Å². The summed E-state index contributed by atoms with van der Waals surface area (Å²) in [6.07, 6.45) is 2.34. The summed E-state index contributed by atoms with van der Waals surface area (Å²) < 4.78 is 0. The van der Waals surface area contributed by atoms with Gasteiger partial charge in [0.2, 0.25) is 0 Å². The van der Waals surface area contributed by atoms with Gasteiger partial charge in [-0.1, -0.05) is 55.0 Å². The molecule has 1 saturated carbocycles. The highest BCUT2D eigenvalue weighted by Crippen LogP contribution is 2.49. The SMILES string of the molecule is O=C(c1ccccc1)c1ccccc1C(=O)N1C[C@@H]2CCC[C@@]2(C(=O)O)C1. The normalized spacial score (nSPS) is 23.9. The molecule has 1 N–H and O–H groups in total. The molecule has 138 valence electrons. The molecule has 2 aromatic rings. The molecular weight excluding hydrogens is 342 g/mol. The highest BCUT2D eigenvalue weighted by atomic mass is 16.4. The average Bonchev–Trinajstić information content (AvgIpc) is 3.26. The van der Waals surface area contributed by atoms with Gasteiger partial charge in [-0.05, 0) is 24.8 Å². The van der Waals surface area contributed by atoms with Crippen LogP contribution in [-0.2, 0) is 4.79 Å². The second-order valence-corrected chi connectivity index (χ2v) is 7.48. The summed E-state index contributed by atoms with van der Waals surface area (Å²) in [4.78, 5) is 39.6. The van der Waals surface area contributed by atoms with Crippen LogP contribution in [0.1, 0.15) is 45.5 Å². The number of carboxylic acids is 1. The Bertz CT molecular complexity index is 908. The summed E-state index contributed by atoms with van der Waals surface area (Å²) in [6, 6.07) is 15.6. The van der Waals surface area contributed by atoms with Crippen molar-refractivity contribution in [1.29, 1.82) is 0 Å². The Labute approximate surface area is 157 Å². The van der Waals surface area contributed by atoms with Crippen LogP contribution in [0, 0.1) is 11.3 Å². The number of ketones is 1. The molecule has 4 rings (SSSR count). The van der Waals surface area contributed by atoms with Gasteiger partial charge in [-0.3, -0.25) is 14.4 Å². The van der Waals surface area contributed by atoms with E-state index in [4.69, 9.17) is 0 Å². The maximum absolute atomic E-state index is 13.2. The van der Waals surface area contributed by atoms with Crippen LogP contribution >= 0.6 is 0 Å². The molecule has 1 aliphatic carbocycles. The van der Waals surface area contributed by atoms with Crippen LogP contribution in [0.2, 0.25) is 0 Å². The second-order valence-electron chi connectivity index (χ2n) is 7.48. The molecule has 2 atom stereocenters. The second kappa shape index (κ2) is 6.65. The van der Waals surface area contributed by atoms with Gasteiger partial charge < -0.3 is 10.0 Å². The predicted molar refractivity (Wildman–Crippen MR) is 99.6 cm³/mol. The zero-order valence-corrected chi connectivity index (χ0v) is 14.9. The van der Waals surface area contributed by atoms with Crippen molar-refractivity contribution in [3.8, 4) is 0 Å². The minimum Gasteiger partial charge on any atom is -0.481 e. The van der Waals surface area contributed by atoms with E-state index in [1.807, 2.05) is 6.07 Å². The molecule has 2 aromatic carbocycles. The fourth-order valence-corrected chi connectivity index (χ4v) is 4.58. The maximum atomic E-state index is 13.2. The molecule has 2 aliphatic rings. The third-order valence-electron chi connectivity index (χ3n) is 6.02. The summed E-state index contributed by atoms with van der Waals surface area (Å²) in [5.41, 5.74) is 0.397. The summed E-state index contributed by atoms with van der Waals surface area (Å²) in [7, 11) is 0. The first kappa shape index (κ1) is 17.5. The number of aliphatic carboxylic acids is 1. The van der Waals surface area contributed by atoms with Crippen molar-refractivity contribution in [2.45, 2.75) is 19.3 Å². The minimum absolute atomic E-state index is 0.00376. The average molecular weight is 363 g/mol. The molecule has 1 aliphatic heterocycles. The van der Waals surface area contributed by atoms with Gasteiger partial charge >= 0.3 is 5.97 Å². The lowest BCUT2D eigenvalue weighted by Gasteiger charge is -2.23. The Kier molecular flexibility index (Phi) is 4.30. The Balaban J connectivity index is 1.64. The maximum Gasteiger partial charge on any atom is 0.311 e. The highest BCUT2D eigenvalue weighted by molar-refractivity contribution is 6.15. The summed E-state index contributed by atoms with van der Waals surface area (Å²) in [5.74, 6) is -1.28. The Morgan fingerprint density at radius 2 is 1.63 bits per heavy atom. The lowest BCUT2D eigenvalue weighted by molar-refractivity contribution is -0.149. The Hall–Kier alpha value is -2.95. The van der Waals surface area contributed by atoms with Gasteiger partial charge in [-0.2, -0.15) is 0 Å². The Morgan fingerprint density at radius 3 is 2.30 bits per heavy atom. The first-order chi connectivity index (χ1) is 13.0. The lowest BCUT2D eigenvalue weighted by Crippen LogP contribution is -2.37. The number of hydrogen-bond acceptors (Lipinski definition) is 3. The first-order valence-electron chi connectivity index (χ1n) is 9.24. The van der Waals surface area contributed by atoms with E-state index in [9.17, 15) is 19.5 Å². The van der Waals surface area contributed by atoms with Crippen molar-refractivity contribution in [2.75, 3.05) is 13.1 Å². The van der Waals surface area contributed by atoms with E-state index in [0.29, 0.717) is 29.7 Å². The van der Waals surface area contributed by atoms with Gasteiger partial charge in [0.05, 0.1) is 11.0 Å². The van der Waals surface area contributed by atoms with Crippen molar-refractivity contribution < 1.29 is 19.5 Å². The lowest BCUT2D eigenvalue weighted by atomic mass is 9.81. The molecule has 0 aromatic heterocycles. The number of rotatable bonds is 4. The van der Waals surface area contributed by atoms with E-state index in [2.05, 4.69) is 0 Å². The van der Waals surface area contributed by atoms with E-state index in [0.717, 1.165) is 12.8 Å². The topological polar surface area (TPSA) is 74.7 Å². The van der Waals surface area contributed by atoms with Gasteiger partial charge in [0.15, 0.2) is 5.78 Å². The van der Waals surface area contributed by atoms with Crippen molar-refractivity contribution in [2.24, 2.45) is 11.3 Å². The molecule has 2 fully saturated rings. The van der Waals surface area contributed by atoms with Crippen molar-refractivity contribution in [3.05, 3.63) is 71.3 Å². The van der Waals surface area contributed by atoms with Crippen LogP contribution in [0.15, 0.2) is 54.6 Å². The number of benzene rings is 2. The fourth-order valence-electron chi connectivity index (χ4n) is 4.58. The number of nitrogens with zero attached hydrogens (tertiary/aromatic N) is 1. The van der Waals surface area contributed by atoms with E-state index >= 15 is 0 Å². The van der Waals surface area contributed by atoms with Crippen molar-refractivity contribution in [3.63, 3.8) is 0 Å². The van der Waals surface area contributed by atoms with Crippen LogP contribution in [-0.4, -0.2) is 40.8 Å². The first-order valence-corrected chi connectivity index (χ1v) is 9.24. The molecule has 0 spiro atoms. The number of fused-ring (bicyclic) bond motifs is 1. The number of likely N-dealkylation sites (tertiary alicyclic amines) is 1. The van der Waals surface area contributed by atoms with Crippen LogP contribution < -0.4 is 0 Å². The number of carbonyl (C=O) groups excluding carboxylic acids is 2. The van der Waals surface area contributed by atoms with Gasteiger partial charge in [-0.25, -0.2) is 0 Å². The molecule has 1 saturated heterocycles. The number of carboxylic acid groups (broad SMARTS) is 1. The molecule has 5 heteroatoms. The summed E-state index contributed by atoms with van der Waals surface area (Å²) in [6.45, 7) is 0.665. The van der Waals surface area contributed by atoms with Gasteiger partial charge in [0.1, 0.15) is 0 Å². The highest BCUT2D eigenvalue weighted by Gasteiger charge is 2.55. The third kappa shape index (κ3) is 2.83. The molecule has 0 unspecified atom stereocenters. The molecular formula is C22H21NO4. The van der Waals surface area contributed by atoms with E-state index in [-0.39, 0.29) is 24.2 Å². The smallest absolute Gasteiger partial charge is 0.311 e. The van der Waals surface area contributed by atoms with Crippen LogP contribution in [0.5, 0.6) is 0 Å².